The van der Waals surface area contributed by atoms with E-state index in [9.17, 15) is 14.4 Å². The summed E-state index contributed by atoms with van der Waals surface area (Å²) in [5, 5.41) is 9.96. The molecular formula is C36H38N4O6. The molecule has 4 aromatic rings. The molecule has 4 amide bonds. The number of hydrogen-bond acceptors (Lipinski definition) is 6. The van der Waals surface area contributed by atoms with Gasteiger partial charge in [0, 0.05) is 23.9 Å². The van der Waals surface area contributed by atoms with Gasteiger partial charge in [0.1, 0.15) is 6.10 Å². The van der Waals surface area contributed by atoms with E-state index < -0.39 is 12.1 Å². The number of ether oxygens (including phenoxy) is 3. The molecule has 10 heteroatoms. The highest BCUT2D eigenvalue weighted by atomic mass is 16.5. The van der Waals surface area contributed by atoms with E-state index in [0.717, 1.165) is 28.3 Å². The van der Waals surface area contributed by atoms with E-state index in [1.807, 2.05) is 68.1 Å². The lowest BCUT2D eigenvalue weighted by Gasteiger charge is -2.42. The highest BCUT2D eigenvalue weighted by molar-refractivity contribution is 6.13. The summed E-state index contributed by atoms with van der Waals surface area (Å²) >= 11 is 0. The molecule has 2 atom stereocenters. The van der Waals surface area contributed by atoms with Crippen molar-refractivity contribution in [3.63, 3.8) is 0 Å². The maximum atomic E-state index is 14.0. The Hall–Kier alpha value is -5.09. The van der Waals surface area contributed by atoms with E-state index in [4.69, 9.17) is 14.2 Å². The molecule has 3 N–H and O–H groups in total. The Bertz CT molecular complexity index is 1830. The lowest BCUT2D eigenvalue weighted by molar-refractivity contribution is -0.0864. The highest BCUT2D eigenvalue weighted by Gasteiger charge is 2.37. The quantitative estimate of drug-likeness (QED) is 0.218. The molecule has 1 saturated heterocycles. The summed E-state index contributed by atoms with van der Waals surface area (Å²) in [7, 11) is 2.73. The summed E-state index contributed by atoms with van der Waals surface area (Å²) in [5.41, 5.74) is 4.82. The second-order valence-electron chi connectivity index (χ2n) is 12.6. The van der Waals surface area contributed by atoms with Crippen LogP contribution >= 0.6 is 0 Å². The van der Waals surface area contributed by atoms with Crippen molar-refractivity contribution in [1.82, 2.24) is 4.90 Å². The number of anilines is 3. The van der Waals surface area contributed by atoms with Crippen LogP contribution in [0.1, 0.15) is 53.9 Å². The van der Waals surface area contributed by atoms with Gasteiger partial charge in [-0.25, -0.2) is 9.59 Å². The Morgan fingerprint density at radius 3 is 2.22 bits per heavy atom. The number of methoxy groups -OCH3 is 2. The fourth-order valence-electron chi connectivity index (χ4n) is 6.24. The zero-order valence-corrected chi connectivity index (χ0v) is 26.6. The molecule has 2 heterocycles. The average molecular weight is 623 g/mol. The normalized spacial score (nSPS) is 17.1. The Morgan fingerprint density at radius 2 is 1.50 bits per heavy atom. The number of morpholine rings is 1. The third kappa shape index (κ3) is 6.08. The van der Waals surface area contributed by atoms with E-state index in [2.05, 4.69) is 28.1 Å². The van der Waals surface area contributed by atoms with Crippen LogP contribution < -0.4 is 20.7 Å². The summed E-state index contributed by atoms with van der Waals surface area (Å²) in [6.07, 6.45) is -0.0870. The van der Waals surface area contributed by atoms with Gasteiger partial charge in [-0.2, -0.15) is 0 Å². The first-order valence-electron chi connectivity index (χ1n) is 15.3. The van der Waals surface area contributed by atoms with Gasteiger partial charge in [0.05, 0.1) is 43.9 Å². The zero-order chi connectivity index (χ0) is 32.6. The predicted molar refractivity (Wildman–Crippen MR) is 178 cm³/mol. The molecule has 0 saturated carbocycles. The number of benzene rings is 4. The van der Waals surface area contributed by atoms with Crippen LogP contribution in [0.2, 0.25) is 0 Å². The molecule has 1 fully saturated rings. The van der Waals surface area contributed by atoms with Gasteiger partial charge in [0.15, 0.2) is 5.75 Å². The van der Waals surface area contributed by atoms with Crippen molar-refractivity contribution in [3.8, 4) is 5.75 Å². The number of carbonyl (C=O) groups excluding carboxylic acids is 3. The standard InChI is InChI=1S/C36H38N4O6/c1-36(2,3)22-17-29(32(44-4)30(18-22)39-35(43)45-5)38-34(42)37-28-15-14-27(25-12-8-9-13-26(25)28)33(41)40-19-23-16-21-10-6-7-11-24(21)31(20-40)46-23/h6-15,17-18,23,31H,16,19-20H2,1-5H3,(H,39,43)(H2,37,38,42). The summed E-state index contributed by atoms with van der Waals surface area (Å²) < 4.78 is 16.6. The van der Waals surface area contributed by atoms with Crippen LogP contribution in [-0.2, 0) is 21.3 Å². The van der Waals surface area contributed by atoms with E-state index in [1.54, 1.807) is 18.2 Å². The number of urea groups is 1. The SMILES string of the molecule is COC(=O)Nc1cc(C(C)(C)C)cc(NC(=O)Nc2ccc(C(=O)N3CC4Cc5ccccc5C(C3)O4)c3ccccc23)c1OC. The number of amides is 4. The smallest absolute Gasteiger partial charge is 0.411 e. The second-order valence-corrected chi connectivity index (χ2v) is 12.6. The minimum atomic E-state index is -0.661. The molecule has 6 rings (SSSR count). The summed E-state index contributed by atoms with van der Waals surface area (Å²) in [6, 6.07) is 22.4. The average Bonchev–Trinajstić information content (AvgIpc) is 3.04. The van der Waals surface area contributed by atoms with E-state index in [1.165, 1.54) is 19.8 Å². The minimum absolute atomic E-state index is 0.0504. The van der Waals surface area contributed by atoms with Crippen LogP contribution in [-0.4, -0.2) is 56.3 Å². The van der Waals surface area contributed by atoms with Gasteiger partial charge in [0.2, 0.25) is 0 Å². The molecule has 2 bridgehead atoms. The minimum Gasteiger partial charge on any atom is -0.492 e. The Morgan fingerprint density at radius 1 is 0.826 bits per heavy atom. The molecule has 2 unspecified atom stereocenters. The maximum Gasteiger partial charge on any atom is 0.411 e. The number of hydrogen-bond donors (Lipinski definition) is 3. The first-order chi connectivity index (χ1) is 22.0. The van der Waals surface area contributed by atoms with Crippen LogP contribution in [0.4, 0.5) is 26.7 Å². The van der Waals surface area contributed by atoms with Crippen molar-refractivity contribution in [3.05, 3.63) is 95.1 Å². The lowest BCUT2D eigenvalue weighted by atomic mass is 9.86. The molecule has 10 nitrogen and oxygen atoms in total. The van der Waals surface area contributed by atoms with Gasteiger partial charge in [-0.1, -0.05) is 69.3 Å². The third-order valence-corrected chi connectivity index (χ3v) is 8.54. The Labute approximate surface area is 268 Å². The zero-order valence-electron chi connectivity index (χ0n) is 26.6. The predicted octanol–water partition coefficient (Wildman–Crippen LogP) is 7.11. The van der Waals surface area contributed by atoms with E-state index >= 15 is 0 Å². The van der Waals surface area contributed by atoms with Crippen molar-refractivity contribution < 1.29 is 28.6 Å². The molecule has 2 aliphatic heterocycles. The number of rotatable bonds is 5. The van der Waals surface area contributed by atoms with Crippen LogP contribution in [0, 0.1) is 0 Å². The Balaban J connectivity index is 1.26. The first kappa shape index (κ1) is 30.9. The number of nitrogens with one attached hydrogen (secondary N) is 3. The van der Waals surface area contributed by atoms with Gasteiger partial charge < -0.3 is 29.7 Å². The molecular weight excluding hydrogens is 584 g/mol. The van der Waals surface area contributed by atoms with Crippen LogP contribution in [0.3, 0.4) is 0 Å². The lowest BCUT2D eigenvalue weighted by Crippen LogP contribution is -2.49. The number of carbonyl (C=O) groups is 3. The first-order valence-corrected chi connectivity index (χ1v) is 15.3. The molecule has 0 aliphatic carbocycles. The summed E-state index contributed by atoms with van der Waals surface area (Å²) in [6.45, 7) is 7.07. The second kappa shape index (κ2) is 12.4. The summed E-state index contributed by atoms with van der Waals surface area (Å²) in [4.78, 5) is 41.4. The van der Waals surface area contributed by atoms with Crippen molar-refractivity contribution in [1.29, 1.82) is 0 Å². The number of fused-ring (bicyclic) bond motifs is 5. The molecule has 4 aromatic carbocycles. The van der Waals surface area contributed by atoms with Gasteiger partial charge in [-0.3, -0.25) is 10.1 Å². The molecule has 46 heavy (non-hydrogen) atoms. The van der Waals surface area contributed by atoms with Crippen molar-refractivity contribution in [2.75, 3.05) is 43.3 Å². The molecule has 0 aromatic heterocycles. The van der Waals surface area contributed by atoms with Crippen molar-refractivity contribution in [2.45, 2.75) is 44.8 Å². The van der Waals surface area contributed by atoms with Crippen molar-refractivity contribution in [2.24, 2.45) is 0 Å². The van der Waals surface area contributed by atoms with Crippen molar-refractivity contribution >= 4 is 45.9 Å². The summed E-state index contributed by atoms with van der Waals surface area (Å²) in [5.74, 6) is 0.205. The topological polar surface area (TPSA) is 118 Å². The van der Waals surface area contributed by atoms with Crippen LogP contribution in [0.25, 0.3) is 10.8 Å². The van der Waals surface area contributed by atoms with Gasteiger partial charge in [-0.05, 0) is 51.8 Å². The number of nitrogens with zero attached hydrogens (tertiary/aromatic N) is 1. The molecule has 0 radical (unpaired) electrons. The van der Waals surface area contributed by atoms with Crippen LogP contribution in [0.15, 0.2) is 72.8 Å². The van der Waals surface area contributed by atoms with E-state index in [-0.39, 0.29) is 29.3 Å². The maximum absolute atomic E-state index is 14.0. The monoisotopic (exact) mass is 622 g/mol. The fourth-order valence-corrected chi connectivity index (χ4v) is 6.24. The fraction of sp³-hybridized carbons (Fsp3) is 0.306. The van der Waals surface area contributed by atoms with Gasteiger partial charge in [-0.15, -0.1) is 0 Å². The molecule has 238 valence electrons. The highest BCUT2D eigenvalue weighted by Crippen LogP contribution is 2.39. The largest absolute Gasteiger partial charge is 0.492 e. The molecule has 2 aliphatic rings. The van der Waals surface area contributed by atoms with Gasteiger partial charge in [0.25, 0.3) is 5.91 Å². The third-order valence-electron chi connectivity index (χ3n) is 8.54. The van der Waals surface area contributed by atoms with E-state index in [0.29, 0.717) is 35.7 Å². The Kier molecular flexibility index (Phi) is 8.31. The molecule has 0 spiro atoms. The van der Waals surface area contributed by atoms with Crippen LogP contribution in [0.5, 0.6) is 5.75 Å². The van der Waals surface area contributed by atoms with Gasteiger partial charge >= 0.3 is 12.1 Å².